The highest BCUT2D eigenvalue weighted by molar-refractivity contribution is 7.89. The molecule has 0 atom stereocenters. The van der Waals surface area contributed by atoms with Crippen LogP contribution in [0.5, 0.6) is 0 Å². The van der Waals surface area contributed by atoms with Gasteiger partial charge >= 0.3 is 0 Å². The van der Waals surface area contributed by atoms with E-state index < -0.39 is 15.6 Å². The third-order valence-electron chi connectivity index (χ3n) is 4.36. The molecule has 0 amide bonds. The van der Waals surface area contributed by atoms with Crippen molar-refractivity contribution in [3.05, 3.63) is 12.0 Å². The zero-order valence-electron chi connectivity index (χ0n) is 12.9. The first-order valence-electron chi connectivity index (χ1n) is 7.42. The summed E-state index contributed by atoms with van der Waals surface area (Å²) in [6.07, 6.45) is 4.99. The average molecular weight is 315 g/mol. The van der Waals surface area contributed by atoms with Crippen molar-refractivity contribution >= 4 is 10.0 Å². The Labute approximate surface area is 126 Å². The largest absolute Gasteiger partial charge is 0.389 e. The monoisotopic (exact) mass is 315 g/mol. The molecule has 0 saturated heterocycles. The normalized spacial score (nSPS) is 21.3. The van der Waals surface area contributed by atoms with Gasteiger partial charge in [-0.15, -0.1) is 0 Å². The Morgan fingerprint density at radius 2 is 1.95 bits per heavy atom. The van der Waals surface area contributed by atoms with Gasteiger partial charge in [0, 0.05) is 13.0 Å². The van der Waals surface area contributed by atoms with Gasteiger partial charge in [-0.1, -0.05) is 20.8 Å². The molecule has 2 rings (SSSR count). The molecule has 0 aliphatic heterocycles. The van der Waals surface area contributed by atoms with E-state index in [-0.39, 0.29) is 17.0 Å². The van der Waals surface area contributed by atoms with Crippen molar-refractivity contribution in [2.24, 2.45) is 5.41 Å². The summed E-state index contributed by atoms with van der Waals surface area (Å²) >= 11 is 0. The number of H-pyrrole nitrogens is 1. The highest BCUT2D eigenvalue weighted by Crippen LogP contribution is 2.39. The Bertz CT molecular complexity index is 582. The van der Waals surface area contributed by atoms with Crippen molar-refractivity contribution in [3.63, 3.8) is 0 Å². The molecule has 21 heavy (non-hydrogen) atoms. The van der Waals surface area contributed by atoms with Gasteiger partial charge in [-0.2, -0.15) is 0 Å². The van der Waals surface area contributed by atoms with Gasteiger partial charge in [0.25, 0.3) is 10.0 Å². The standard InChI is InChI=1S/C14H25N3O3S/c1-4-11-15-9-12(17-11)21(19,20)16-10-14(18)7-5-13(2,3)6-8-14/h9,16,18H,4-8,10H2,1-3H3,(H,15,17). The van der Waals surface area contributed by atoms with Crippen molar-refractivity contribution in [2.75, 3.05) is 6.54 Å². The van der Waals surface area contributed by atoms with Crippen LogP contribution in [-0.2, 0) is 16.4 Å². The molecule has 1 aliphatic rings. The van der Waals surface area contributed by atoms with Crippen LogP contribution >= 0.6 is 0 Å². The zero-order valence-corrected chi connectivity index (χ0v) is 13.8. The number of aromatic amines is 1. The quantitative estimate of drug-likeness (QED) is 0.769. The van der Waals surface area contributed by atoms with Gasteiger partial charge in [0.05, 0.1) is 11.8 Å². The molecular formula is C14H25N3O3S. The molecule has 3 N–H and O–H groups in total. The lowest BCUT2D eigenvalue weighted by molar-refractivity contribution is -0.0205. The second kappa shape index (κ2) is 5.70. The first-order chi connectivity index (χ1) is 9.66. The number of nitrogens with one attached hydrogen (secondary N) is 2. The minimum absolute atomic E-state index is 0.0475. The molecule has 0 unspecified atom stereocenters. The minimum Gasteiger partial charge on any atom is -0.389 e. The molecule has 1 saturated carbocycles. The molecule has 1 aromatic heterocycles. The van der Waals surface area contributed by atoms with Gasteiger partial charge in [-0.05, 0) is 31.1 Å². The second-order valence-electron chi connectivity index (χ2n) is 6.76. The Balaban J connectivity index is 1.98. The number of sulfonamides is 1. The van der Waals surface area contributed by atoms with Crippen LogP contribution < -0.4 is 4.72 Å². The van der Waals surface area contributed by atoms with E-state index in [2.05, 4.69) is 28.5 Å². The third kappa shape index (κ3) is 4.05. The summed E-state index contributed by atoms with van der Waals surface area (Å²) < 4.78 is 26.9. The lowest BCUT2D eigenvalue weighted by Gasteiger charge is -2.40. The molecule has 0 radical (unpaired) electrons. The minimum atomic E-state index is -3.64. The number of aliphatic hydroxyl groups is 1. The van der Waals surface area contributed by atoms with Crippen LogP contribution in [0.15, 0.2) is 11.2 Å². The maximum absolute atomic E-state index is 12.2. The van der Waals surface area contributed by atoms with Gasteiger partial charge in [0.1, 0.15) is 5.82 Å². The second-order valence-corrected chi connectivity index (χ2v) is 8.50. The number of nitrogens with zero attached hydrogens (tertiary/aromatic N) is 1. The molecule has 1 heterocycles. The van der Waals surface area contributed by atoms with Gasteiger partial charge < -0.3 is 10.1 Å². The fraction of sp³-hybridized carbons (Fsp3) is 0.786. The number of rotatable bonds is 5. The van der Waals surface area contributed by atoms with Crippen LogP contribution in [0.1, 0.15) is 52.3 Å². The lowest BCUT2D eigenvalue weighted by atomic mass is 9.71. The predicted molar refractivity (Wildman–Crippen MR) is 80.4 cm³/mol. The fourth-order valence-corrected chi connectivity index (χ4v) is 3.59. The van der Waals surface area contributed by atoms with Crippen molar-refractivity contribution in [2.45, 2.75) is 63.5 Å². The summed E-state index contributed by atoms with van der Waals surface area (Å²) in [5.74, 6) is 0.633. The Kier molecular flexibility index (Phi) is 4.46. The maximum Gasteiger partial charge on any atom is 0.257 e. The van der Waals surface area contributed by atoms with Gasteiger partial charge in [-0.3, -0.25) is 0 Å². The van der Waals surface area contributed by atoms with Crippen molar-refractivity contribution < 1.29 is 13.5 Å². The SMILES string of the molecule is CCc1ncc(S(=O)(=O)NCC2(O)CCC(C)(C)CC2)[nH]1. The average Bonchev–Trinajstić information content (AvgIpc) is 2.91. The molecule has 1 aromatic rings. The summed E-state index contributed by atoms with van der Waals surface area (Å²) in [5, 5.41) is 10.6. The molecule has 1 aliphatic carbocycles. The van der Waals surface area contributed by atoms with Crippen LogP contribution in [-0.4, -0.2) is 35.6 Å². The zero-order chi connectivity index (χ0) is 15.7. The van der Waals surface area contributed by atoms with E-state index in [4.69, 9.17) is 0 Å². The molecule has 6 nitrogen and oxygen atoms in total. The topological polar surface area (TPSA) is 95.1 Å². The van der Waals surface area contributed by atoms with E-state index in [0.29, 0.717) is 25.1 Å². The molecule has 120 valence electrons. The van der Waals surface area contributed by atoms with Crippen LogP contribution in [0.3, 0.4) is 0 Å². The Morgan fingerprint density at radius 1 is 1.33 bits per heavy atom. The highest BCUT2D eigenvalue weighted by Gasteiger charge is 2.37. The van der Waals surface area contributed by atoms with E-state index in [1.165, 1.54) is 6.20 Å². The Hall–Kier alpha value is -0.920. The van der Waals surface area contributed by atoms with Gasteiger partial charge in [-0.25, -0.2) is 18.1 Å². The highest BCUT2D eigenvalue weighted by atomic mass is 32.2. The Morgan fingerprint density at radius 3 is 2.48 bits per heavy atom. The van der Waals surface area contributed by atoms with E-state index >= 15 is 0 Å². The number of imidazole rings is 1. The van der Waals surface area contributed by atoms with Gasteiger partial charge in [0.2, 0.25) is 0 Å². The lowest BCUT2D eigenvalue weighted by Crippen LogP contribution is -2.46. The number of hydrogen-bond acceptors (Lipinski definition) is 4. The summed E-state index contributed by atoms with van der Waals surface area (Å²) in [6.45, 7) is 6.29. The predicted octanol–water partition coefficient (Wildman–Crippen LogP) is 1.58. The van der Waals surface area contributed by atoms with E-state index in [9.17, 15) is 13.5 Å². The number of hydrogen-bond donors (Lipinski definition) is 3. The van der Waals surface area contributed by atoms with Crippen molar-refractivity contribution in [1.29, 1.82) is 0 Å². The smallest absolute Gasteiger partial charge is 0.257 e. The summed E-state index contributed by atoms with van der Waals surface area (Å²) in [5.41, 5.74) is -0.722. The van der Waals surface area contributed by atoms with E-state index in [1.54, 1.807) is 0 Å². The summed E-state index contributed by atoms with van der Waals surface area (Å²) in [6, 6.07) is 0. The fourth-order valence-electron chi connectivity index (χ4n) is 2.54. The molecule has 7 heteroatoms. The maximum atomic E-state index is 12.2. The van der Waals surface area contributed by atoms with Crippen LogP contribution in [0.25, 0.3) is 0 Å². The van der Waals surface area contributed by atoms with Crippen LogP contribution in [0.4, 0.5) is 0 Å². The number of aryl methyl sites for hydroxylation is 1. The molecule has 0 bridgehead atoms. The summed E-state index contributed by atoms with van der Waals surface area (Å²) in [7, 11) is -3.64. The first kappa shape index (κ1) is 16.5. The van der Waals surface area contributed by atoms with Gasteiger partial charge in [0.15, 0.2) is 5.03 Å². The van der Waals surface area contributed by atoms with Crippen molar-refractivity contribution in [3.8, 4) is 0 Å². The molecule has 1 fully saturated rings. The first-order valence-corrected chi connectivity index (χ1v) is 8.90. The molecule has 0 aromatic carbocycles. The third-order valence-corrected chi connectivity index (χ3v) is 5.67. The van der Waals surface area contributed by atoms with Crippen LogP contribution in [0.2, 0.25) is 0 Å². The molecule has 0 spiro atoms. The van der Waals surface area contributed by atoms with E-state index in [0.717, 1.165) is 12.8 Å². The van der Waals surface area contributed by atoms with Crippen molar-refractivity contribution in [1.82, 2.24) is 14.7 Å². The van der Waals surface area contributed by atoms with Crippen LogP contribution in [0, 0.1) is 5.41 Å². The van der Waals surface area contributed by atoms with E-state index in [1.807, 2.05) is 6.92 Å². The summed E-state index contributed by atoms with van der Waals surface area (Å²) in [4.78, 5) is 6.77. The molecular weight excluding hydrogens is 290 g/mol. The number of aromatic nitrogens is 2.